The van der Waals surface area contributed by atoms with E-state index < -0.39 is 0 Å². The van der Waals surface area contributed by atoms with E-state index in [-0.39, 0.29) is 0 Å². The summed E-state index contributed by atoms with van der Waals surface area (Å²) in [4.78, 5) is 1.83. The minimum Gasteiger partial charge on any atom is -0.334 e. The summed E-state index contributed by atoms with van der Waals surface area (Å²) < 4.78 is 0. The van der Waals surface area contributed by atoms with Crippen LogP contribution in [0.5, 0.6) is 0 Å². The lowest BCUT2D eigenvalue weighted by Gasteiger charge is -2.42. The molecule has 14 heavy (non-hydrogen) atoms. The molecule has 3 aliphatic rings. The minimum atomic E-state index is 0.855. The van der Waals surface area contributed by atoms with Crippen molar-refractivity contribution in [3.63, 3.8) is 0 Å². The van der Waals surface area contributed by atoms with Gasteiger partial charge >= 0.3 is 0 Å². The summed E-state index contributed by atoms with van der Waals surface area (Å²) in [6, 6.07) is 11.1. The molecule has 3 fully saturated rings. The fourth-order valence-corrected chi connectivity index (χ4v) is 3.22. The number of hydrogen-bond acceptors (Lipinski definition) is 0. The normalized spacial score (nSPS) is 35.9. The molecule has 0 aromatic heterocycles. The zero-order chi connectivity index (χ0) is 9.38. The van der Waals surface area contributed by atoms with E-state index in [1.54, 1.807) is 5.56 Å². The van der Waals surface area contributed by atoms with Crippen LogP contribution in [0.25, 0.3) is 0 Å². The summed E-state index contributed by atoms with van der Waals surface area (Å²) in [7, 11) is 0. The standard InChI is InChI=1S/C13H17N/c1-2-4-11(5-3-1)13-10-14-8-6-12(13)7-9-14/h1-5,12-13H,6-10H2/p+1. The molecule has 3 heterocycles. The molecule has 4 rings (SSSR count). The van der Waals surface area contributed by atoms with E-state index in [0.717, 1.165) is 11.8 Å². The second-order valence-corrected chi connectivity index (χ2v) is 4.81. The van der Waals surface area contributed by atoms with Gasteiger partial charge in [-0.1, -0.05) is 30.3 Å². The molecule has 0 aliphatic carbocycles. The van der Waals surface area contributed by atoms with Gasteiger partial charge in [0.05, 0.1) is 19.6 Å². The molecule has 0 radical (unpaired) electrons. The largest absolute Gasteiger partial charge is 0.334 e. The molecule has 1 N–H and O–H groups in total. The Morgan fingerprint density at radius 2 is 1.71 bits per heavy atom. The molecular formula is C13H18N+. The number of hydrogen-bond donors (Lipinski definition) is 1. The van der Waals surface area contributed by atoms with Crippen LogP contribution in [-0.2, 0) is 0 Å². The van der Waals surface area contributed by atoms with Crippen molar-refractivity contribution in [1.82, 2.24) is 0 Å². The monoisotopic (exact) mass is 188 g/mol. The Bertz CT molecular complexity index is 298. The molecule has 74 valence electrons. The summed E-state index contributed by atoms with van der Waals surface area (Å²) in [5.74, 6) is 1.84. The van der Waals surface area contributed by atoms with E-state index >= 15 is 0 Å². The highest BCUT2D eigenvalue weighted by molar-refractivity contribution is 5.21. The van der Waals surface area contributed by atoms with Gasteiger partial charge in [-0.2, -0.15) is 0 Å². The maximum atomic E-state index is 2.31. The van der Waals surface area contributed by atoms with Gasteiger partial charge in [0.1, 0.15) is 0 Å². The molecule has 1 nitrogen and oxygen atoms in total. The van der Waals surface area contributed by atoms with Crippen LogP contribution in [0.3, 0.4) is 0 Å². The fourth-order valence-electron chi connectivity index (χ4n) is 3.22. The first-order valence-corrected chi connectivity index (χ1v) is 5.82. The zero-order valence-corrected chi connectivity index (χ0v) is 8.58. The fraction of sp³-hybridized carbons (Fsp3) is 0.538. The predicted octanol–water partition coefficient (Wildman–Crippen LogP) is 1.08. The molecule has 0 amide bonds. The average Bonchev–Trinajstić information content (AvgIpc) is 2.32. The number of fused-ring (bicyclic) bond motifs is 3. The van der Waals surface area contributed by atoms with Gasteiger partial charge in [-0.15, -0.1) is 0 Å². The highest BCUT2D eigenvalue weighted by atomic mass is 15.1. The van der Waals surface area contributed by atoms with E-state index in [9.17, 15) is 0 Å². The van der Waals surface area contributed by atoms with Gasteiger partial charge in [0, 0.05) is 18.8 Å². The summed E-state index contributed by atoms with van der Waals surface area (Å²) in [5, 5.41) is 0. The summed E-state index contributed by atoms with van der Waals surface area (Å²) in [6.07, 6.45) is 2.91. The molecule has 3 aliphatic heterocycles. The van der Waals surface area contributed by atoms with Crippen LogP contribution < -0.4 is 4.90 Å². The van der Waals surface area contributed by atoms with Crippen molar-refractivity contribution in [3.05, 3.63) is 35.9 Å². The SMILES string of the molecule is c1ccc(C2C[NH+]3CCC2CC3)cc1. The van der Waals surface area contributed by atoms with E-state index in [2.05, 4.69) is 30.3 Å². The summed E-state index contributed by atoms with van der Waals surface area (Å²) in [6.45, 7) is 4.23. The molecule has 1 heteroatoms. The molecule has 0 spiro atoms. The smallest absolute Gasteiger partial charge is 0.0843 e. The topological polar surface area (TPSA) is 4.44 Å². The molecule has 1 aromatic rings. The lowest BCUT2D eigenvalue weighted by atomic mass is 9.75. The van der Waals surface area contributed by atoms with Gasteiger partial charge in [0.25, 0.3) is 0 Å². The van der Waals surface area contributed by atoms with Gasteiger partial charge in [-0.3, -0.25) is 0 Å². The molecule has 2 bridgehead atoms. The third kappa shape index (κ3) is 1.36. The Morgan fingerprint density at radius 1 is 1.00 bits per heavy atom. The molecule has 1 unspecified atom stereocenters. The Morgan fingerprint density at radius 3 is 2.29 bits per heavy atom. The number of nitrogens with one attached hydrogen (secondary N) is 1. The highest BCUT2D eigenvalue weighted by Crippen LogP contribution is 2.32. The zero-order valence-electron chi connectivity index (χ0n) is 8.58. The van der Waals surface area contributed by atoms with Crippen molar-refractivity contribution in [1.29, 1.82) is 0 Å². The van der Waals surface area contributed by atoms with Crippen LogP contribution in [0.15, 0.2) is 30.3 Å². The van der Waals surface area contributed by atoms with Crippen molar-refractivity contribution < 1.29 is 4.90 Å². The van der Waals surface area contributed by atoms with Gasteiger partial charge in [-0.25, -0.2) is 0 Å². The third-order valence-corrected chi connectivity index (χ3v) is 4.04. The first-order valence-electron chi connectivity index (χ1n) is 5.82. The number of quaternary nitrogens is 1. The van der Waals surface area contributed by atoms with Gasteiger partial charge < -0.3 is 4.90 Å². The Hall–Kier alpha value is -0.820. The van der Waals surface area contributed by atoms with Gasteiger partial charge in [0.2, 0.25) is 0 Å². The van der Waals surface area contributed by atoms with E-state index in [1.165, 1.54) is 32.5 Å². The van der Waals surface area contributed by atoms with Gasteiger partial charge in [-0.05, 0) is 11.5 Å². The average molecular weight is 188 g/mol. The number of rotatable bonds is 1. The van der Waals surface area contributed by atoms with Gasteiger partial charge in [0.15, 0.2) is 0 Å². The molecule has 0 saturated carbocycles. The van der Waals surface area contributed by atoms with Crippen LogP contribution in [0.4, 0.5) is 0 Å². The number of benzene rings is 1. The van der Waals surface area contributed by atoms with Crippen LogP contribution in [0, 0.1) is 5.92 Å². The maximum Gasteiger partial charge on any atom is 0.0843 e. The van der Waals surface area contributed by atoms with Crippen LogP contribution in [-0.4, -0.2) is 19.6 Å². The predicted molar refractivity (Wildman–Crippen MR) is 57.5 cm³/mol. The lowest BCUT2D eigenvalue weighted by Crippen LogP contribution is -3.15. The molecule has 3 saturated heterocycles. The second kappa shape index (κ2) is 3.39. The van der Waals surface area contributed by atoms with E-state index in [1.807, 2.05) is 4.90 Å². The van der Waals surface area contributed by atoms with Crippen molar-refractivity contribution >= 4 is 0 Å². The van der Waals surface area contributed by atoms with Crippen LogP contribution >= 0.6 is 0 Å². The van der Waals surface area contributed by atoms with Crippen LogP contribution in [0.1, 0.15) is 24.3 Å². The molecule has 1 aromatic carbocycles. The van der Waals surface area contributed by atoms with Crippen molar-refractivity contribution in [2.75, 3.05) is 19.6 Å². The quantitative estimate of drug-likeness (QED) is 0.672. The second-order valence-electron chi connectivity index (χ2n) is 4.81. The first-order chi connectivity index (χ1) is 6.93. The highest BCUT2D eigenvalue weighted by Gasteiger charge is 2.37. The van der Waals surface area contributed by atoms with E-state index in [4.69, 9.17) is 0 Å². The maximum absolute atomic E-state index is 2.31. The van der Waals surface area contributed by atoms with E-state index in [0.29, 0.717) is 0 Å². The van der Waals surface area contributed by atoms with Crippen molar-refractivity contribution in [3.8, 4) is 0 Å². The summed E-state index contributed by atoms with van der Waals surface area (Å²) >= 11 is 0. The van der Waals surface area contributed by atoms with Crippen molar-refractivity contribution in [2.24, 2.45) is 5.92 Å². The first kappa shape index (κ1) is 8.49. The Kier molecular flexibility index (Phi) is 2.06. The number of piperidine rings is 3. The lowest BCUT2D eigenvalue weighted by molar-refractivity contribution is -0.918. The summed E-state index contributed by atoms with van der Waals surface area (Å²) in [5.41, 5.74) is 1.58. The van der Waals surface area contributed by atoms with Crippen molar-refractivity contribution in [2.45, 2.75) is 18.8 Å². The molecular weight excluding hydrogens is 170 g/mol. The Labute approximate surface area is 85.7 Å². The molecule has 1 atom stereocenters. The minimum absolute atomic E-state index is 0.855. The van der Waals surface area contributed by atoms with Crippen LogP contribution in [0.2, 0.25) is 0 Å². The third-order valence-electron chi connectivity index (χ3n) is 4.04. The Balaban J connectivity index is 1.86.